The number of thiocarbonyl (C=S) groups is 1. The molecule has 3 rings (SSSR count). The molecular formula is C17H20ClN3O3S2. The number of hydrogen-bond acceptors (Lipinski definition) is 6. The fraction of sp³-hybridized carbons (Fsp3) is 0.471. The first-order valence-corrected chi connectivity index (χ1v) is 10.2. The summed E-state index contributed by atoms with van der Waals surface area (Å²) >= 11 is 12.5. The van der Waals surface area contributed by atoms with E-state index < -0.39 is 5.37 Å². The van der Waals surface area contributed by atoms with Crippen molar-refractivity contribution in [1.29, 1.82) is 0 Å². The third-order valence-corrected chi connectivity index (χ3v) is 6.03. The number of carbonyl (C=O) groups excluding carboxylic acids is 2. The van der Waals surface area contributed by atoms with Crippen LogP contribution >= 0.6 is 35.6 Å². The quantitative estimate of drug-likeness (QED) is 0.346. The van der Waals surface area contributed by atoms with Crippen LogP contribution in [0.15, 0.2) is 30.3 Å². The van der Waals surface area contributed by atoms with Crippen LogP contribution in [0.4, 0.5) is 4.79 Å². The van der Waals surface area contributed by atoms with Gasteiger partial charge in [0, 0.05) is 18.8 Å². The maximum atomic E-state index is 12.6. The largest absolute Gasteiger partial charge is 0.340 e. The molecule has 9 heteroatoms. The zero-order valence-corrected chi connectivity index (χ0v) is 16.5. The van der Waals surface area contributed by atoms with Crippen LogP contribution in [0.1, 0.15) is 18.4 Å². The molecule has 2 amide bonds. The lowest BCUT2D eigenvalue weighted by Crippen LogP contribution is -2.55. The van der Waals surface area contributed by atoms with Gasteiger partial charge in [-0.1, -0.05) is 54.3 Å². The van der Waals surface area contributed by atoms with Gasteiger partial charge in [0.2, 0.25) is 5.91 Å². The lowest BCUT2D eigenvalue weighted by Gasteiger charge is -2.35. The number of nitrogens with one attached hydrogen (secondary N) is 1. The van der Waals surface area contributed by atoms with Crippen molar-refractivity contribution < 1.29 is 14.4 Å². The fourth-order valence-corrected chi connectivity index (χ4v) is 4.46. The summed E-state index contributed by atoms with van der Waals surface area (Å²) in [5, 5.41) is 3.76. The van der Waals surface area contributed by atoms with Crippen molar-refractivity contribution in [2.75, 3.05) is 18.8 Å². The topological polar surface area (TPSA) is 61.9 Å². The first-order valence-electron chi connectivity index (χ1n) is 8.43. The molecule has 0 saturated carbocycles. The number of rotatable bonds is 5. The number of benzene rings is 1. The van der Waals surface area contributed by atoms with Gasteiger partial charge in [0.15, 0.2) is 0 Å². The van der Waals surface area contributed by atoms with E-state index in [1.54, 1.807) is 4.90 Å². The summed E-state index contributed by atoms with van der Waals surface area (Å²) < 4.78 is 0.641. The first kappa shape index (κ1) is 19.6. The minimum atomic E-state index is -0.658. The fourth-order valence-electron chi connectivity index (χ4n) is 3.05. The van der Waals surface area contributed by atoms with Gasteiger partial charge in [-0.15, -0.1) is 0 Å². The molecule has 1 aromatic carbocycles. The van der Waals surface area contributed by atoms with E-state index in [2.05, 4.69) is 5.32 Å². The summed E-state index contributed by atoms with van der Waals surface area (Å²) in [6.07, 6.45) is 1.23. The van der Waals surface area contributed by atoms with Gasteiger partial charge in [-0.3, -0.25) is 19.3 Å². The maximum absolute atomic E-state index is 12.6. The first-order chi connectivity index (χ1) is 12.6. The second-order valence-electron chi connectivity index (χ2n) is 6.13. The zero-order valence-electron chi connectivity index (χ0n) is 14.1. The Kier molecular flexibility index (Phi) is 6.88. The monoisotopic (exact) mass is 413 g/mol. The van der Waals surface area contributed by atoms with E-state index in [1.165, 1.54) is 16.8 Å². The van der Waals surface area contributed by atoms with E-state index in [4.69, 9.17) is 28.7 Å². The summed E-state index contributed by atoms with van der Waals surface area (Å²) in [4.78, 5) is 31.6. The Balaban J connectivity index is 1.53. The van der Waals surface area contributed by atoms with Gasteiger partial charge in [-0.05, 0) is 30.0 Å². The number of halogens is 1. The van der Waals surface area contributed by atoms with Crippen LogP contribution in [-0.4, -0.2) is 56.5 Å². The number of carbonyl (C=O) groups is 2. The van der Waals surface area contributed by atoms with Crippen molar-refractivity contribution in [3.63, 3.8) is 0 Å². The van der Waals surface area contributed by atoms with E-state index in [0.29, 0.717) is 30.3 Å². The molecule has 1 N–H and O–H groups in total. The van der Waals surface area contributed by atoms with Crippen molar-refractivity contribution in [3.05, 3.63) is 35.9 Å². The van der Waals surface area contributed by atoms with Crippen LogP contribution in [0, 0.1) is 0 Å². The lowest BCUT2D eigenvalue weighted by atomic mass is 9.99. The molecule has 0 aliphatic carbocycles. The Labute approximate surface area is 167 Å². The summed E-state index contributed by atoms with van der Waals surface area (Å²) in [7, 11) is 0. The molecule has 140 valence electrons. The molecule has 2 heterocycles. The molecule has 0 aromatic heterocycles. The van der Waals surface area contributed by atoms with Gasteiger partial charge in [0.1, 0.15) is 10.9 Å². The van der Waals surface area contributed by atoms with Crippen LogP contribution in [0.25, 0.3) is 0 Å². The highest BCUT2D eigenvalue weighted by atomic mass is 35.5. The van der Waals surface area contributed by atoms with E-state index in [0.717, 1.165) is 11.3 Å². The Morgan fingerprint density at radius 2 is 2.12 bits per heavy atom. The molecule has 0 radical (unpaired) electrons. The summed E-state index contributed by atoms with van der Waals surface area (Å²) in [6, 6.07) is 9.07. The predicted molar refractivity (Wildman–Crippen MR) is 106 cm³/mol. The summed E-state index contributed by atoms with van der Waals surface area (Å²) in [5.74, 6) is 0.856. The third kappa shape index (κ3) is 4.75. The number of piperidine rings is 1. The SMILES string of the molecule is O=C([C@@H]1CC[C@@H](N(OCc2ccccc2)C(=O)Cl)CN1)N1CCSC1=S. The van der Waals surface area contributed by atoms with Crippen molar-refractivity contribution in [2.24, 2.45) is 0 Å². The zero-order chi connectivity index (χ0) is 18.5. The second kappa shape index (κ2) is 9.14. The average molecular weight is 414 g/mol. The summed E-state index contributed by atoms with van der Waals surface area (Å²) in [5.41, 5.74) is 0.951. The van der Waals surface area contributed by atoms with Crippen LogP contribution in [0.5, 0.6) is 0 Å². The van der Waals surface area contributed by atoms with Crippen molar-refractivity contribution in [1.82, 2.24) is 15.3 Å². The molecule has 2 saturated heterocycles. The molecule has 2 aliphatic rings. The van der Waals surface area contributed by atoms with E-state index in [-0.39, 0.29) is 24.6 Å². The average Bonchev–Trinajstić information content (AvgIpc) is 3.08. The van der Waals surface area contributed by atoms with Crippen LogP contribution in [0.3, 0.4) is 0 Å². The summed E-state index contributed by atoms with van der Waals surface area (Å²) in [6.45, 7) is 1.37. The van der Waals surface area contributed by atoms with Gasteiger partial charge in [-0.25, -0.2) is 5.06 Å². The normalized spacial score (nSPS) is 23.1. The molecule has 2 fully saturated rings. The Bertz CT molecular complexity index is 668. The van der Waals surface area contributed by atoms with Gasteiger partial charge in [0.05, 0.1) is 12.1 Å². The van der Waals surface area contributed by atoms with Crippen molar-refractivity contribution in [3.8, 4) is 0 Å². The molecule has 0 spiro atoms. The van der Waals surface area contributed by atoms with E-state index in [9.17, 15) is 9.59 Å². The Morgan fingerprint density at radius 3 is 2.69 bits per heavy atom. The predicted octanol–water partition coefficient (Wildman–Crippen LogP) is 2.76. The molecule has 26 heavy (non-hydrogen) atoms. The number of thioether (sulfide) groups is 1. The lowest BCUT2D eigenvalue weighted by molar-refractivity contribution is -0.154. The highest BCUT2D eigenvalue weighted by molar-refractivity contribution is 8.23. The van der Waals surface area contributed by atoms with E-state index in [1.807, 2.05) is 30.3 Å². The number of amides is 2. The van der Waals surface area contributed by atoms with Crippen LogP contribution in [0.2, 0.25) is 0 Å². The Morgan fingerprint density at radius 1 is 1.35 bits per heavy atom. The van der Waals surface area contributed by atoms with Gasteiger partial charge in [0.25, 0.3) is 0 Å². The molecular weight excluding hydrogens is 394 g/mol. The van der Waals surface area contributed by atoms with Crippen molar-refractivity contribution >= 4 is 51.2 Å². The second-order valence-corrected chi connectivity index (χ2v) is 8.19. The standard InChI is InChI=1S/C17H20ClN3O3S2/c18-16(23)21(24-11-12-4-2-1-3-5-12)13-6-7-14(19-10-13)15(22)20-8-9-26-17(20)25/h1-5,13-14,19H,6-11H2/t13-,14+/m1/s1. The van der Waals surface area contributed by atoms with Crippen LogP contribution < -0.4 is 5.32 Å². The smallest absolute Gasteiger partial charge is 0.304 e. The molecule has 0 bridgehead atoms. The molecule has 0 unspecified atom stereocenters. The number of hydrogen-bond donors (Lipinski definition) is 1. The molecule has 6 nitrogen and oxygen atoms in total. The van der Waals surface area contributed by atoms with E-state index >= 15 is 0 Å². The highest BCUT2D eigenvalue weighted by Crippen LogP contribution is 2.23. The van der Waals surface area contributed by atoms with Gasteiger partial charge < -0.3 is 5.32 Å². The maximum Gasteiger partial charge on any atom is 0.340 e. The number of nitrogens with zero attached hydrogens (tertiary/aromatic N) is 2. The molecule has 1 aromatic rings. The van der Waals surface area contributed by atoms with Gasteiger partial charge >= 0.3 is 5.37 Å². The molecule has 2 atom stereocenters. The van der Waals surface area contributed by atoms with Gasteiger partial charge in [-0.2, -0.15) is 0 Å². The molecule has 2 aliphatic heterocycles. The number of hydroxylamine groups is 2. The minimum absolute atomic E-state index is 0.00686. The van der Waals surface area contributed by atoms with Crippen LogP contribution in [-0.2, 0) is 16.2 Å². The Hall–Kier alpha value is -1.19. The third-order valence-electron chi connectivity index (χ3n) is 4.43. The highest BCUT2D eigenvalue weighted by Gasteiger charge is 2.35. The minimum Gasteiger partial charge on any atom is -0.304 e. The van der Waals surface area contributed by atoms with Crippen molar-refractivity contribution in [2.45, 2.75) is 31.5 Å².